The molecule has 0 radical (unpaired) electrons. The van der Waals surface area contributed by atoms with E-state index in [1.54, 1.807) is 0 Å². The first-order chi connectivity index (χ1) is 9.78. The Morgan fingerprint density at radius 3 is 2.80 bits per heavy atom. The molecule has 1 fully saturated rings. The van der Waals surface area contributed by atoms with Gasteiger partial charge in [0.2, 0.25) is 0 Å². The number of nitrogens with zero attached hydrogens (tertiary/aromatic N) is 2. The molecule has 0 unspecified atom stereocenters. The number of nitrogens with one attached hydrogen (secondary N) is 1. The summed E-state index contributed by atoms with van der Waals surface area (Å²) in [7, 11) is 0. The summed E-state index contributed by atoms with van der Waals surface area (Å²) in [6, 6.07) is 7.23. The maximum absolute atomic E-state index is 5.65. The molecule has 0 amide bonds. The topological polar surface area (TPSA) is 44.5 Å². The first-order valence-electron chi connectivity index (χ1n) is 7.50. The molecule has 2 aliphatic rings. The van der Waals surface area contributed by atoms with E-state index >= 15 is 0 Å². The van der Waals surface area contributed by atoms with Crippen LogP contribution in [0.3, 0.4) is 0 Å². The molecule has 0 saturated carbocycles. The van der Waals surface area contributed by atoms with Crippen molar-refractivity contribution in [3.63, 3.8) is 0 Å². The molecule has 0 aliphatic carbocycles. The Balaban J connectivity index is 1.70. The van der Waals surface area contributed by atoms with Crippen molar-refractivity contribution >= 4 is 27.3 Å². The zero-order valence-electron chi connectivity index (χ0n) is 11.8. The monoisotopic (exact) mass is 338 g/mol. The second-order valence-corrected chi connectivity index (χ2v) is 6.56. The summed E-state index contributed by atoms with van der Waals surface area (Å²) >= 11 is 3.55. The molecule has 5 heteroatoms. The van der Waals surface area contributed by atoms with Gasteiger partial charge in [-0.05, 0) is 31.0 Å². The van der Waals surface area contributed by atoms with Crippen LogP contribution in [0.15, 0.2) is 22.7 Å². The third kappa shape index (κ3) is 2.95. The molecule has 110 valence electrons. The van der Waals surface area contributed by atoms with Gasteiger partial charge in [0, 0.05) is 49.8 Å². The smallest absolute Gasteiger partial charge is 0.0605 e. The highest BCUT2D eigenvalue weighted by atomic mass is 79.9. The van der Waals surface area contributed by atoms with E-state index in [2.05, 4.69) is 49.2 Å². The van der Waals surface area contributed by atoms with Crippen LogP contribution in [0.4, 0.5) is 11.4 Å². The van der Waals surface area contributed by atoms with Gasteiger partial charge in [-0.3, -0.25) is 0 Å². The zero-order chi connectivity index (χ0) is 13.9. The average Bonchev–Trinajstić information content (AvgIpc) is 2.47. The van der Waals surface area contributed by atoms with Gasteiger partial charge in [0.15, 0.2) is 0 Å². The van der Waals surface area contributed by atoms with E-state index in [1.807, 2.05) is 0 Å². The van der Waals surface area contributed by atoms with Gasteiger partial charge >= 0.3 is 0 Å². The number of hydrogen-bond donors (Lipinski definition) is 2. The first-order valence-corrected chi connectivity index (χ1v) is 8.30. The molecular weight excluding hydrogens is 316 g/mol. The van der Waals surface area contributed by atoms with Crippen molar-refractivity contribution in [2.24, 2.45) is 5.73 Å². The Kier molecular flexibility index (Phi) is 4.48. The predicted molar refractivity (Wildman–Crippen MR) is 88.5 cm³/mol. The van der Waals surface area contributed by atoms with Gasteiger partial charge in [-0.1, -0.05) is 15.9 Å². The van der Waals surface area contributed by atoms with Crippen LogP contribution in [0, 0.1) is 0 Å². The largest absolute Gasteiger partial charge is 0.382 e. The second-order valence-electron chi connectivity index (χ2n) is 5.64. The number of anilines is 2. The van der Waals surface area contributed by atoms with E-state index < -0.39 is 0 Å². The SMILES string of the molecule is NCCN1CCC(N2CCNc3cc(Br)ccc32)CC1. The van der Waals surface area contributed by atoms with Crippen molar-refractivity contribution < 1.29 is 0 Å². The number of likely N-dealkylation sites (tertiary alicyclic amines) is 1. The summed E-state index contributed by atoms with van der Waals surface area (Å²) < 4.78 is 1.14. The van der Waals surface area contributed by atoms with E-state index in [1.165, 1.54) is 37.3 Å². The van der Waals surface area contributed by atoms with Crippen LogP contribution in [0.25, 0.3) is 0 Å². The molecule has 0 spiro atoms. The van der Waals surface area contributed by atoms with Crippen LogP contribution in [-0.4, -0.2) is 50.2 Å². The average molecular weight is 339 g/mol. The molecular formula is C15H23BrN4. The fourth-order valence-corrected chi connectivity index (χ4v) is 3.71. The quantitative estimate of drug-likeness (QED) is 0.885. The highest BCUT2D eigenvalue weighted by Gasteiger charge is 2.27. The van der Waals surface area contributed by atoms with Gasteiger partial charge < -0.3 is 20.9 Å². The predicted octanol–water partition coefficient (Wildman–Crippen LogP) is 2.10. The minimum atomic E-state index is 0.672. The second kappa shape index (κ2) is 6.33. The van der Waals surface area contributed by atoms with Crippen molar-refractivity contribution in [3.05, 3.63) is 22.7 Å². The van der Waals surface area contributed by atoms with Crippen LogP contribution in [0.5, 0.6) is 0 Å². The molecule has 20 heavy (non-hydrogen) atoms. The Labute approximate surface area is 129 Å². The van der Waals surface area contributed by atoms with Crippen molar-refractivity contribution in [1.82, 2.24) is 4.90 Å². The van der Waals surface area contributed by atoms with Crippen molar-refractivity contribution in [2.45, 2.75) is 18.9 Å². The highest BCUT2D eigenvalue weighted by Crippen LogP contribution is 2.34. The van der Waals surface area contributed by atoms with Gasteiger partial charge in [0.1, 0.15) is 0 Å². The molecule has 0 atom stereocenters. The van der Waals surface area contributed by atoms with Crippen molar-refractivity contribution in [3.8, 4) is 0 Å². The number of fused-ring (bicyclic) bond motifs is 1. The van der Waals surface area contributed by atoms with E-state index in [9.17, 15) is 0 Å². The standard InChI is InChI=1S/C15H23BrN4/c16-12-1-2-15-14(11-12)18-6-10-20(15)13-3-7-19(8-4-13)9-5-17/h1-2,11,13,18H,3-10,17H2. The number of hydrogen-bond acceptors (Lipinski definition) is 4. The van der Waals surface area contributed by atoms with E-state index in [4.69, 9.17) is 5.73 Å². The Morgan fingerprint density at radius 2 is 2.05 bits per heavy atom. The summed E-state index contributed by atoms with van der Waals surface area (Å²) in [5, 5.41) is 3.50. The van der Waals surface area contributed by atoms with Gasteiger partial charge in [-0.15, -0.1) is 0 Å². The summed E-state index contributed by atoms with van der Waals surface area (Å²) in [6.45, 7) is 6.31. The highest BCUT2D eigenvalue weighted by molar-refractivity contribution is 9.10. The Morgan fingerprint density at radius 1 is 1.25 bits per heavy atom. The molecule has 0 bridgehead atoms. The number of halogens is 1. The summed E-state index contributed by atoms with van der Waals surface area (Å²) in [6.07, 6.45) is 2.49. The molecule has 3 N–H and O–H groups in total. The normalized spacial score (nSPS) is 20.6. The number of rotatable bonds is 3. The first kappa shape index (κ1) is 14.2. The van der Waals surface area contributed by atoms with Crippen LogP contribution < -0.4 is 16.0 Å². The van der Waals surface area contributed by atoms with Crippen molar-refractivity contribution in [2.75, 3.05) is 49.5 Å². The molecule has 2 heterocycles. The minimum Gasteiger partial charge on any atom is -0.382 e. The summed E-state index contributed by atoms with van der Waals surface area (Å²) in [4.78, 5) is 5.08. The van der Waals surface area contributed by atoms with E-state index in [0.29, 0.717) is 6.04 Å². The molecule has 4 nitrogen and oxygen atoms in total. The lowest BCUT2D eigenvalue weighted by atomic mass is 10.0. The van der Waals surface area contributed by atoms with Gasteiger partial charge in [-0.25, -0.2) is 0 Å². The Bertz CT molecular complexity index is 457. The fraction of sp³-hybridized carbons (Fsp3) is 0.600. The molecule has 1 saturated heterocycles. The summed E-state index contributed by atoms with van der Waals surface area (Å²) in [5.74, 6) is 0. The molecule has 1 aromatic carbocycles. The van der Waals surface area contributed by atoms with Gasteiger partial charge in [-0.2, -0.15) is 0 Å². The number of piperidine rings is 1. The van der Waals surface area contributed by atoms with Crippen LogP contribution in [0.1, 0.15) is 12.8 Å². The lowest BCUT2D eigenvalue weighted by molar-refractivity contribution is 0.214. The third-order valence-electron chi connectivity index (χ3n) is 4.38. The fourth-order valence-electron chi connectivity index (χ4n) is 3.35. The van der Waals surface area contributed by atoms with Gasteiger partial charge in [0.05, 0.1) is 11.4 Å². The lowest BCUT2D eigenvalue weighted by Crippen LogP contribution is -2.48. The third-order valence-corrected chi connectivity index (χ3v) is 4.87. The molecule has 0 aromatic heterocycles. The van der Waals surface area contributed by atoms with E-state index in [0.717, 1.165) is 30.7 Å². The maximum Gasteiger partial charge on any atom is 0.0605 e. The Hall–Kier alpha value is -0.780. The van der Waals surface area contributed by atoms with Crippen LogP contribution in [0.2, 0.25) is 0 Å². The van der Waals surface area contributed by atoms with Crippen molar-refractivity contribution in [1.29, 1.82) is 0 Å². The maximum atomic E-state index is 5.65. The minimum absolute atomic E-state index is 0.672. The molecule has 3 rings (SSSR count). The van der Waals surface area contributed by atoms with Gasteiger partial charge in [0.25, 0.3) is 0 Å². The molecule has 2 aliphatic heterocycles. The van der Waals surface area contributed by atoms with Crippen LogP contribution >= 0.6 is 15.9 Å². The lowest BCUT2D eigenvalue weighted by Gasteiger charge is -2.42. The number of nitrogens with two attached hydrogens (primary N) is 1. The van der Waals surface area contributed by atoms with Crippen LogP contribution in [-0.2, 0) is 0 Å². The molecule has 1 aromatic rings. The summed E-state index contributed by atoms with van der Waals surface area (Å²) in [5.41, 5.74) is 8.27. The zero-order valence-corrected chi connectivity index (χ0v) is 13.4. The number of benzene rings is 1. The van der Waals surface area contributed by atoms with E-state index in [-0.39, 0.29) is 0 Å².